The molecule has 0 spiro atoms. The van der Waals surface area contributed by atoms with Gasteiger partial charge in [-0.3, -0.25) is 0 Å². The molecule has 0 fully saturated rings. The highest BCUT2D eigenvalue weighted by molar-refractivity contribution is 5.72. The number of aliphatic carboxylic acids is 1. The summed E-state index contributed by atoms with van der Waals surface area (Å²) < 4.78 is 5.34. The summed E-state index contributed by atoms with van der Waals surface area (Å²) in [6.07, 6.45) is 0.523. The van der Waals surface area contributed by atoms with Crippen LogP contribution in [0, 0.1) is 13.8 Å². The summed E-state index contributed by atoms with van der Waals surface area (Å²) in [5, 5.41) is 9.08. The average Bonchev–Trinajstić information content (AvgIpc) is 2.26. The summed E-state index contributed by atoms with van der Waals surface area (Å²) >= 11 is 0. The Morgan fingerprint density at radius 2 is 2.12 bits per heavy atom. The fourth-order valence-corrected chi connectivity index (χ4v) is 1.75. The molecule has 3 heteroatoms. The quantitative estimate of drug-likeness (QED) is 0.826. The van der Waals surface area contributed by atoms with Crippen molar-refractivity contribution in [3.63, 3.8) is 0 Å². The number of carbonyl (C=O) groups is 1. The van der Waals surface area contributed by atoms with Crippen LogP contribution in [0.25, 0.3) is 0 Å². The molecule has 0 saturated heterocycles. The summed E-state index contributed by atoms with van der Waals surface area (Å²) in [6.45, 7) is 6.48. The fourth-order valence-electron chi connectivity index (χ4n) is 1.75. The van der Waals surface area contributed by atoms with E-state index in [-0.39, 0.29) is 0 Å². The number of hydrogen-bond acceptors (Lipinski definition) is 2. The van der Waals surface area contributed by atoms with Crippen molar-refractivity contribution < 1.29 is 14.6 Å². The molecule has 0 aliphatic heterocycles. The standard InChI is InChI=1S/C14H20O3/c1-4-7-17-13(14(15)16)9-12-6-5-10(2)8-11(12)3/h5-6,8,13H,4,7,9H2,1-3H3,(H,15,16)/t13-/m1/s1. The van der Waals surface area contributed by atoms with E-state index < -0.39 is 12.1 Å². The van der Waals surface area contributed by atoms with Crippen LogP contribution in [-0.4, -0.2) is 23.8 Å². The van der Waals surface area contributed by atoms with Crippen molar-refractivity contribution in [2.45, 2.75) is 39.7 Å². The van der Waals surface area contributed by atoms with Gasteiger partial charge in [0.25, 0.3) is 0 Å². The summed E-state index contributed by atoms with van der Waals surface area (Å²) in [5.41, 5.74) is 3.35. The molecule has 0 bridgehead atoms. The first kappa shape index (κ1) is 13.7. The van der Waals surface area contributed by atoms with Gasteiger partial charge < -0.3 is 9.84 Å². The summed E-state index contributed by atoms with van der Waals surface area (Å²) in [6, 6.07) is 6.05. The summed E-state index contributed by atoms with van der Waals surface area (Å²) in [7, 11) is 0. The minimum absolute atomic E-state index is 0.432. The highest BCUT2D eigenvalue weighted by atomic mass is 16.5. The third-order valence-electron chi connectivity index (χ3n) is 2.70. The minimum Gasteiger partial charge on any atom is -0.479 e. The van der Waals surface area contributed by atoms with Crippen LogP contribution in [0.2, 0.25) is 0 Å². The molecule has 1 aromatic carbocycles. The largest absolute Gasteiger partial charge is 0.479 e. The molecule has 0 heterocycles. The predicted molar refractivity (Wildman–Crippen MR) is 67.3 cm³/mol. The minimum atomic E-state index is -0.890. The number of aryl methyl sites for hydroxylation is 2. The molecule has 0 radical (unpaired) electrons. The Bertz CT molecular complexity index is 385. The molecular formula is C14H20O3. The van der Waals surface area contributed by atoms with Crippen LogP contribution in [0.1, 0.15) is 30.0 Å². The van der Waals surface area contributed by atoms with Crippen molar-refractivity contribution in [3.05, 3.63) is 34.9 Å². The molecule has 17 heavy (non-hydrogen) atoms. The molecule has 3 nitrogen and oxygen atoms in total. The summed E-state index contributed by atoms with van der Waals surface area (Å²) in [4.78, 5) is 11.1. The van der Waals surface area contributed by atoms with Crippen LogP contribution < -0.4 is 0 Å². The maximum atomic E-state index is 11.1. The maximum Gasteiger partial charge on any atom is 0.333 e. The van der Waals surface area contributed by atoms with E-state index in [1.807, 2.05) is 32.9 Å². The first-order valence-electron chi connectivity index (χ1n) is 5.95. The van der Waals surface area contributed by atoms with E-state index in [1.54, 1.807) is 0 Å². The highest BCUT2D eigenvalue weighted by Crippen LogP contribution is 2.14. The molecular weight excluding hydrogens is 216 g/mol. The van der Waals surface area contributed by atoms with Gasteiger partial charge in [0.15, 0.2) is 6.10 Å². The Balaban J connectivity index is 2.75. The SMILES string of the molecule is CCCO[C@H](Cc1ccc(C)cc1C)C(=O)O. The number of rotatable bonds is 6. The van der Waals surface area contributed by atoms with Crippen LogP contribution in [0.3, 0.4) is 0 Å². The van der Waals surface area contributed by atoms with Crippen LogP contribution >= 0.6 is 0 Å². The predicted octanol–water partition coefficient (Wildman–Crippen LogP) is 2.73. The van der Waals surface area contributed by atoms with Crippen LogP contribution in [0.15, 0.2) is 18.2 Å². The smallest absolute Gasteiger partial charge is 0.333 e. The normalized spacial score (nSPS) is 12.4. The number of carboxylic acids is 1. The lowest BCUT2D eigenvalue weighted by Gasteiger charge is -2.15. The molecule has 1 rings (SSSR count). The van der Waals surface area contributed by atoms with Gasteiger partial charge in [0, 0.05) is 13.0 Å². The Labute approximate surface area is 102 Å². The van der Waals surface area contributed by atoms with E-state index in [0.29, 0.717) is 13.0 Å². The van der Waals surface area contributed by atoms with Gasteiger partial charge in [-0.05, 0) is 31.4 Å². The van der Waals surface area contributed by atoms with E-state index >= 15 is 0 Å². The van der Waals surface area contributed by atoms with Gasteiger partial charge in [-0.1, -0.05) is 30.7 Å². The van der Waals surface area contributed by atoms with Crippen LogP contribution in [-0.2, 0) is 16.0 Å². The molecule has 0 unspecified atom stereocenters. The number of hydrogen-bond donors (Lipinski definition) is 1. The lowest BCUT2D eigenvalue weighted by molar-refractivity contribution is -0.150. The van der Waals surface area contributed by atoms with Crippen LogP contribution in [0.5, 0.6) is 0 Å². The van der Waals surface area contributed by atoms with Crippen molar-refractivity contribution in [2.75, 3.05) is 6.61 Å². The Morgan fingerprint density at radius 3 is 2.65 bits per heavy atom. The molecule has 1 N–H and O–H groups in total. The molecule has 0 aromatic heterocycles. The Morgan fingerprint density at radius 1 is 1.41 bits per heavy atom. The number of carboxylic acid groups (broad SMARTS) is 1. The molecule has 1 atom stereocenters. The van der Waals surface area contributed by atoms with E-state index in [1.165, 1.54) is 5.56 Å². The zero-order chi connectivity index (χ0) is 12.8. The van der Waals surface area contributed by atoms with Gasteiger partial charge >= 0.3 is 5.97 Å². The second-order valence-corrected chi connectivity index (χ2v) is 4.33. The number of benzene rings is 1. The first-order valence-corrected chi connectivity index (χ1v) is 5.95. The molecule has 94 valence electrons. The van der Waals surface area contributed by atoms with Crippen LogP contribution in [0.4, 0.5) is 0 Å². The van der Waals surface area contributed by atoms with Crippen molar-refractivity contribution in [2.24, 2.45) is 0 Å². The molecule has 1 aromatic rings. The molecule has 0 aliphatic carbocycles. The van der Waals surface area contributed by atoms with E-state index in [9.17, 15) is 4.79 Å². The fraction of sp³-hybridized carbons (Fsp3) is 0.500. The molecule has 0 amide bonds. The van der Waals surface area contributed by atoms with Crippen molar-refractivity contribution >= 4 is 5.97 Å². The van der Waals surface area contributed by atoms with Gasteiger partial charge in [-0.25, -0.2) is 4.79 Å². The molecule has 0 aliphatic rings. The maximum absolute atomic E-state index is 11.1. The van der Waals surface area contributed by atoms with E-state index in [0.717, 1.165) is 17.5 Å². The summed E-state index contributed by atoms with van der Waals surface area (Å²) in [5.74, 6) is -0.890. The number of ether oxygens (including phenoxy) is 1. The zero-order valence-corrected chi connectivity index (χ0v) is 10.7. The van der Waals surface area contributed by atoms with Crippen molar-refractivity contribution in [1.29, 1.82) is 0 Å². The van der Waals surface area contributed by atoms with Gasteiger partial charge in [-0.2, -0.15) is 0 Å². The highest BCUT2D eigenvalue weighted by Gasteiger charge is 2.19. The Hall–Kier alpha value is -1.35. The van der Waals surface area contributed by atoms with Crippen molar-refractivity contribution in [3.8, 4) is 0 Å². The van der Waals surface area contributed by atoms with Gasteiger partial charge in [0.1, 0.15) is 0 Å². The second kappa shape index (κ2) is 6.40. The lowest BCUT2D eigenvalue weighted by atomic mass is 10.0. The van der Waals surface area contributed by atoms with Gasteiger partial charge in [-0.15, -0.1) is 0 Å². The molecule has 0 saturated carbocycles. The third-order valence-corrected chi connectivity index (χ3v) is 2.70. The van der Waals surface area contributed by atoms with Gasteiger partial charge in [0.05, 0.1) is 0 Å². The third kappa shape index (κ3) is 4.19. The zero-order valence-electron chi connectivity index (χ0n) is 10.7. The first-order chi connectivity index (χ1) is 8.04. The second-order valence-electron chi connectivity index (χ2n) is 4.33. The van der Waals surface area contributed by atoms with Crippen molar-refractivity contribution in [1.82, 2.24) is 0 Å². The topological polar surface area (TPSA) is 46.5 Å². The van der Waals surface area contributed by atoms with Gasteiger partial charge in [0.2, 0.25) is 0 Å². The monoisotopic (exact) mass is 236 g/mol. The van der Waals surface area contributed by atoms with E-state index in [2.05, 4.69) is 6.07 Å². The Kier molecular flexibility index (Phi) is 5.16. The average molecular weight is 236 g/mol. The lowest BCUT2D eigenvalue weighted by Crippen LogP contribution is -2.27. The van der Waals surface area contributed by atoms with E-state index in [4.69, 9.17) is 9.84 Å².